The summed E-state index contributed by atoms with van der Waals surface area (Å²) in [6, 6.07) is 0. The van der Waals surface area contributed by atoms with Gasteiger partial charge in [0.05, 0.1) is 5.41 Å². The molecule has 0 aromatic carbocycles. The highest BCUT2D eigenvalue weighted by Gasteiger charge is 2.42. The van der Waals surface area contributed by atoms with Crippen molar-refractivity contribution in [3.63, 3.8) is 0 Å². The van der Waals surface area contributed by atoms with Crippen LogP contribution in [0.3, 0.4) is 0 Å². The molecule has 0 aromatic heterocycles. The van der Waals surface area contributed by atoms with Crippen LogP contribution in [-0.4, -0.2) is 41.1 Å². The van der Waals surface area contributed by atoms with E-state index in [1.165, 1.54) is 0 Å². The van der Waals surface area contributed by atoms with Crippen molar-refractivity contribution in [3.05, 3.63) is 0 Å². The predicted molar refractivity (Wildman–Crippen MR) is 87.7 cm³/mol. The molecular formula is C17H32N2O3. The maximum Gasteiger partial charge on any atom is 0.410 e. The Morgan fingerprint density at radius 3 is 1.95 bits per heavy atom. The van der Waals surface area contributed by atoms with Crippen molar-refractivity contribution in [2.45, 2.75) is 78.9 Å². The van der Waals surface area contributed by atoms with E-state index in [-0.39, 0.29) is 23.0 Å². The molecule has 0 spiro atoms. The summed E-state index contributed by atoms with van der Waals surface area (Å²) >= 11 is 0. The zero-order valence-electron chi connectivity index (χ0n) is 15.2. The molecule has 1 N–H and O–H groups in total. The van der Waals surface area contributed by atoms with E-state index in [2.05, 4.69) is 5.32 Å². The van der Waals surface area contributed by atoms with E-state index in [1.807, 2.05) is 48.5 Å². The largest absolute Gasteiger partial charge is 0.444 e. The number of rotatable bonds is 2. The normalized spacial score (nSPS) is 18.8. The van der Waals surface area contributed by atoms with E-state index in [1.54, 1.807) is 4.90 Å². The molecule has 0 aromatic rings. The number of amides is 2. The highest BCUT2D eigenvalue weighted by Crippen LogP contribution is 2.36. The molecule has 0 unspecified atom stereocenters. The Morgan fingerprint density at radius 2 is 1.59 bits per heavy atom. The van der Waals surface area contributed by atoms with Crippen LogP contribution < -0.4 is 5.32 Å². The summed E-state index contributed by atoms with van der Waals surface area (Å²) in [6.45, 7) is 14.7. The second-order valence-electron chi connectivity index (χ2n) is 8.31. The number of carbonyl (C=O) groups is 2. The monoisotopic (exact) mass is 312 g/mol. The molecule has 1 saturated heterocycles. The van der Waals surface area contributed by atoms with Gasteiger partial charge in [0.15, 0.2) is 0 Å². The minimum Gasteiger partial charge on any atom is -0.444 e. The third-order valence-electron chi connectivity index (χ3n) is 4.02. The molecule has 1 heterocycles. The molecule has 0 aliphatic carbocycles. The van der Waals surface area contributed by atoms with E-state index in [4.69, 9.17) is 4.74 Å². The third kappa shape index (κ3) is 5.18. The van der Waals surface area contributed by atoms with Gasteiger partial charge in [0, 0.05) is 18.6 Å². The fourth-order valence-electron chi connectivity index (χ4n) is 2.66. The van der Waals surface area contributed by atoms with Gasteiger partial charge in [-0.25, -0.2) is 4.79 Å². The second-order valence-corrected chi connectivity index (χ2v) is 8.31. The molecule has 2 amide bonds. The lowest BCUT2D eigenvalue weighted by Crippen LogP contribution is -2.54. The van der Waals surface area contributed by atoms with Crippen molar-refractivity contribution >= 4 is 12.0 Å². The number of piperidine rings is 1. The van der Waals surface area contributed by atoms with Gasteiger partial charge in [-0.05, 0) is 60.8 Å². The summed E-state index contributed by atoms with van der Waals surface area (Å²) in [5.41, 5.74) is -1.09. The number of likely N-dealkylation sites (tertiary alicyclic amines) is 1. The minimum absolute atomic E-state index is 0.103. The first kappa shape index (κ1) is 18.8. The summed E-state index contributed by atoms with van der Waals surface area (Å²) < 4.78 is 5.41. The standard InChI is InChI=1S/C17H32N2O3/c1-8-17(13(20)18-15(2,3)4)9-11-19(12-10-17)14(21)22-16(5,6)7/h8-12H2,1-7H3,(H,18,20). The van der Waals surface area contributed by atoms with Crippen LogP contribution in [0.5, 0.6) is 0 Å². The van der Waals surface area contributed by atoms with E-state index in [0.717, 1.165) is 6.42 Å². The Bertz CT molecular complexity index is 411. The van der Waals surface area contributed by atoms with E-state index < -0.39 is 5.60 Å². The number of ether oxygens (including phenoxy) is 1. The SMILES string of the molecule is CCC1(C(=O)NC(C)(C)C)CCN(C(=O)OC(C)(C)C)CC1. The number of hydrogen-bond donors (Lipinski definition) is 1. The molecule has 1 rings (SSSR count). The van der Waals surface area contributed by atoms with E-state index in [9.17, 15) is 9.59 Å². The Hall–Kier alpha value is -1.26. The van der Waals surface area contributed by atoms with Gasteiger partial charge in [-0.3, -0.25) is 4.79 Å². The van der Waals surface area contributed by atoms with Crippen LogP contribution in [0.15, 0.2) is 0 Å². The quantitative estimate of drug-likeness (QED) is 0.851. The van der Waals surface area contributed by atoms with Gasteiger partial charge in [-0.2, -0.15) is 0 Å². The first-order chi connectivity index (χ1) is 9.88. The summed E-state index contributed by atoms with van der Waals surface area (Å²) in [7, 11) is 0. The van der Waals surface area contributed by atoms with Crippen LogP contribution >= 0.6 is 0 Å². The van der Waals surface area contributed by atoms with Crippen LogP contribution in [0.2, 0.25) is 0 Å². The molecule has 5 nitrogen and oxygen atoms in total. The fraction of sp³-hybridized carbons (Fsp3) is 0.882. The average molecular weight is 312 g/mol. The predicted octanol–water partition coefficient (Wildman–Crippen LogP) is 3.33. The maximum atomic E-state index is 12.6. The Balaban J connectivity index is 2.68. The van der Waals surface area contributed by atoms with Gasteiger partial charge in [0.2, 0.25) is 5.91 Å². The molecule has 128 valence electrons. The van der Waals surface area contributed by atoms with Crippen LogP contribution in [0.25, 0.3) is 0 Å². The van der Waals surface area contributed by atoms with Crippen LogP contribution in [0.4, 0.5) is 4.79 Å². The van der Waals surface area contributed by atoms with E-state index in [0.29, 0.717) is 25.9 Å². The van der Waals surface area contributed by atoms with Gasteiger partial charge in [-0.15, -0.1) is 0 Å². The maximum absolute atomic E-state index is 12.6. The average Bonchev–Trinajstić information content (AvgIpc) is 2.34. The Kier molecular flexibility index (Phi) is 5.52. The first-order valence-electron chi connectivity index (χ1n) is 8.19. The molecular weight excluding hydrogens is 280 g/mol. The highest BCUT2D eigenvalue weighted by molar-refractivity contribution is 5.83. The molecule has 0 saturated carbocycles. The zero-order valence-corrected chi connectivity index (χ0v) is 15.2. The molecule has 0 bridgehead atoms. The summed E-state index contributed by atoms with van der Waals surface area (Å²) in [5, 5.41) is 3.09. The van der Waals surface area contributed by atoms with Gasteiger partial charge >= 0.3 is 6.09 Å². The second kappa shape index (κ2) is 6.47. The van der Waals surface area contributed by atoms with Crippen LogP contribution in [0, 0.1) is 5.41 Å². The Labute approximate surface area is 134 Å². The van der Waals surface area contributed by atoms with Gasteiger partial charge < -0.3 is 15.0 Å². The molecule has 5 heteroatoms. The van der Waals surface area contributed by atoms with Crippen molar-refractivity contribution < 1.29 is 14.3 Å². The van der Waals surface area contributed by atoms with Gasteiger partial charge in [-0.1, -0.05) is 6.92 Å². The summed E-state index contributed by atoms with van der Waals surface area (Å²) in [5.74, 6) is 0.103. The topological polar surface area (TPSA) is 58.6 Å². The first-order valence-corrected chi connectivity index (χ1v) is 8.19. The van der Waals surface area contributed by atoms with Crippen LogP contribution in [0.1, 0.15) is 67.7 Å². The molecule has 1 fully saturated rings. The number of nitrogens with one attached hydrogen (secondary N) is 1. The molecule has 0 radical (unpaired) electrons. The van der Waals surface area contributed by atoms with Gasteiger partial charge in [0.1, 0.15) is 5.60 Å². The zero-order chi connectivity index (χ0) is 17.2. The van der Waals surface area contributed by atoms with Crippen molar-refractivity contribution in [1.82, 2.24) is 10.2 Å². The summed E-state index contributed by atoms with van der Waals surface area (Å²) in [4.78, 5) is 26.5. The summed E-state index contributed by atoms with van der Waals surface area (Å²) in [6.07, 6.45) is 1.88. The lowest BCUT2D eigenvalue weighted by Gasteiger charge is -2.41. The Morgan fingerprint density at radius 1 is 1.09 bits per heavy atom. The van der Waals surface area contributed by atoms with Crippen LogP contribution in [-0.2, 0) is 9.53 Å². The molecule has 1 aliphatic heterocycles. The van der Waals surface area contributed by atoms with E-state index >= 15 is 0 Å². The molecule has 0 atom stereocenters. The van der Waals surface area contributed by atoms with Crippen molar-refractivity contribution in [2.75, 3.05) is 13.1 Å². The number of nitrogens with zero attached hydrogens (tertiary/aromatic N) is 1. The highest BCUT2D eigenvalue weighted by atomic mass is 16.6. The number of hydrogen-bond acceptors (Lipinski definition) is 3. The lowest BCUT2D eigenvalue weighted by atomic mass is 9.75. The van der Waals surface area contributed by atoms with Crippen molar-refractivity contribution in [2.24, 2.45) is 5.41 Å². The van der Waals surface area contributed by atoms with Crippen molar-refractivity contribution in [3.8, 4) is 0 Å². The molecule has 1 aliphatic rings. The van der Waals surface area contributed by atoms with Crippen molar-refractivity contribution in [1.29, 1.82) is 0 Å². The van der Waals surface area contributed by atoms with Gasteiger partial charge in [0.25, 0.3) is 0 Å². The smallest absolute Gasteiger partial charge is 0.410 e. The molecule has 22 heavy (non-hydrogen) atoms. The number of carbonyl (C=O) groups excluding carboxylic acids is 2. The lowest BCUT2D eigenvalue weighted by molar-refractivity contribution is -0.135. The minimum atomic E-state index is -0.486. The fourth-order valence-corrected chi connectivity index (χ4v) is 2.66. The third-order valence-corrected chi connectivity index (χ3v) is 4.02.